The van der Waals surface area contributed by atoms with E-state index in [0.717, 1.165) is 17.4 Å². The highest BCUT2D eigenvalue weighted by atomic mass is 35.5. The van der Waals surface area contributed by atoms with E-state index in [0.29, 0.717) is 11.9 Å². The van der Waals surface area contributed by atoms with E-state index >= 15 is 0 Å². The number of nitrogens with zero attached hydrogens (tertiary/aromatic N) is 3. The van der Waals surface area contributed by atoms with E-state index in [4.69, 9.17) is 16.6 Å². The van der Waals surface area contributed by atoms with Gasteiger partial charge in [0.25, 0.3) is 0 Å². The van der Waals surface area contributed by atoms with Crippen LogP contribution in [0.25, 0.3) is 11.0 Å². The molecule has 112 valence electrons. The lowest BCUT2D eigenvalue weighted by molar-refractivity contribution is 0.156. The summed E-state index contributed by atoms with van der Waals surface area (Å²) in [6, 6.07) is 7.72. The van der Waals surface area contributed by atoms with Crippen LogP contribution in [0.15, 0.2) is 18.2 Å². The Kier molecular flexibility index (Phi) is 3.43. The molecule has 3 heterocycles. The third-order valence-electron chi connectivity index (χ3n) is 5.26. The van der Waals surface area contributed by atoms with Gasteiger partial charge >= 0.3 is 0 Å². The highest BCUT2D eigenvalue weighted by Crippen LogP contribution is 2.36. The number of halogens is 1. The standard InChI is InChI=1S/C17H22ClN3/c1-12-4-2-6-15-17(12)21(16(11-18)19-15)14-7-9-20-8-3-5-13(20)10-14/h2,4,6,13-14H,3,5,7-11H2,1H3. The zero-order chi connectivity index (χ0) is 14.4. The van der Waals surface area contributed by atoms with Crippen molar-refractivity contribution in [1.82, 2.24) is 14.5 Å². The fraction of sp³-hybridized carbons (Fsp3) is 0.588. The minimum atomic E-state index is 0.499. The number of fused-ring (bicyclic) bond motifs is 2. The molecule has 0 radical (unpaired) electrons. The topological polar surface area (TPSA) is 21.1 Å². The average molecular weight is 304 g/mol. The van der Waals surface area contributed by atoms with Gasteiger partial charge in [-0.3, -0.25) is 0 Å². The molecule has 1 aromatic carbocycles. The van der Waals surface area contributed by atoms with Crippen LogP contribution in [0, 0.1) is 6.92 Å². The molecule has 2 aliphatic rings. The van der Waals surface area contributed by atoms with Gasteiger partial charge in [0.05, 0.1) is 16.9 Å². The normalized spacial score (nSPS) is 26.4. The van der Waals surface area contributed by atoms with Gasteiger partial charge in [-0.15, -0.1) is 11.6 Å². The highest BCUT2D eigenvalue weighted by Gasteiger charge is 2.33. The predicted octanol–water partition coefficient (Wildman–Crippen LogP) is 3.88. The number of hydrogen-bond donors (Lipinski definition) is 0. The summed E-state index contributed by atoms with van der Waals surface area (Å²) in [5.41, 5.74) is 3.70. The van der Waals surface area contributed by atoms with Crippen molar-refractivity contribution in [2.24, 2.45) is 0 Å². The van der Waals surface area contributed by atoms with Crippen molar-refractivity contribution in [3.8, 4) is 0 Å². The summed E-state index contributed by atoms with van der Waals surface area (Å²) in [6.07, 6.45) is 5.20. The second-order valence-electron chi connectivity index (χ2n) is 6.48. The van der Waals surface area contributed by atoms with Crippen molar-refractivity contribution in [2.45, 2.75) is 50.6 Å². The van der Waals surface area contributed by atoms with Crippen LogP contribution in [-0.4, -0.2) is 33.6 Å². The van der Waals surface area contributed by atoms with Crippen LogP contribution < -0.4 is 0 Å². The summed E-state index contributed by atoms with van der Waals surface area (Å²) in [5.74, 6) is 1.54. The molecule has 2 fully saturated rings. The zero-order valence-electron chi connectivity index (χ0n) is 12.6. The lowest BCUT2D eigenvalue weighted by Crippen LogP contribution is -2.39. The molecular formula is C17H22ClN3. The molecular weight excluding hydrogens is 282 g/mol. The van der Waals surface area contributed by atoms with Crippen molar-refractivity contribution >= 4 is 22.6 Å². The van der Waals surface area contributed by atoms with E-state index < -0.39 is 0 Å². The van der Waals surface area contributed by atoms with Gasteiger partial charge in [0.15, 0.2) is 0 Å². The highest BCUT2D eigenvalue weighted by molar-refractivity contribution is 6.16. The minimum Gasteiger partial charge on any atom is -0.324 e. The quantitative estimate of drug-likeness (QED) is 0.785. The predicted molar refractivity (Wildman–Crippen MR) is 86.9 cm³/mol. The molecule has 0 saturated carbocycles. The first-order valence-electron chi connectivity index (χ1n) is 8.04. The summed E-state index contributed by atoms with van der Waals surface area (Å²) in [4.78, 5) is 7.44. The Hall–Kier alpha value is -1.06. The van der Waals surface area contributed by atoms with Crippen molar-refractivity contribution in [3.63, 3.8) is 0 Å². The molecule has 2 aromatic rings. The first-order chi connectivity index (χ1) is 10.3. The molecule has 0 spiro atoms. The molecule has 2 unspecified atom stereocenters. The summed E-state index contributed by atoms with van der Waals surface area (Å²) < 4.78 is 2.45. The van der Waals surface area contributed by atoms with Gasteiger partial charge in [-0.05, 0) is 50.8 Å². The third kappa shape index (κ3) is 2.18. The summed E-state index contributed by atoms with van der Waals surface area (Å²) in [6.45, 7) is 4.70. The van der Waals surface area contributed by atoms with Crippen molar-refractivity contribution in [3.05, 3.63) is 29.6 Å². The van der Waals surface area contributed by atoms with Gasteiger partial charge in [-0.1, -0.05) is 12.1 Å². The van der Waals surface area contributed by atoms with Gasteiger partial charge in [-0.25, -0.2) is 4.98 Å². The smallest absolute Gasteiger partial charge is 0.125 e. The molecule has 0 bridgehead atoms. The average Bonchev–Trinajstić information content (AvgIpc) is 3.10. The molecule has 21 heavy (non-hydrogen) atoms. The van der Waals surface area contributed by atoms with E-state index in [1.165, 1.54) is 49.9 Å². The number of aromatic nitrogens is 2. The maximum absolute atomic E-state index is 6.19. The molecule has 2 atom stereocenters. The second-order valence-corrected chi connectivity index (χ2v) is 6.75. The van der Waals surface area contributed by atoms with Crippen molar-refractivity contribution in [1.29, 1.82) is 0 Å². The van der Waals surface area contributed by atoms with Gasteiger partial charge in [0.2, 0.25) is 0 Å². The van der Waals surface area contributed by atoms with Crippen LogP contribution in [0.2, 0.25) is 0 Å². The number of benzene rings is 1. The molecule has 1 aromatic heterocycles. The van der Waals surface area contributed by atoms with Crippen LogP contribution in [0.3, 0.4) is 0 Å². The van der Waals surface area contributed by atoms with E-state index in [9.17, 15) is 0 Å². The van der Waals surface area contributed by atoms with Gasteiger partial charge < -0.3 is 9.47 Å². The van der Waals surface area contributed by atoms with E-state index in [1.807, 2.05) is 0 Å². The number of imidazole rings is 1. The first kappa shape index (κ1) is 13.6. The Morgan fingerprint density at radius 2 is 2.14 bits per heavy atom. The maximum Gasteiger partial charge on any atom is 0.125 e. The summed E-state index contributed by atoms with van der Waals surface area (Å²) in [5, 5.41) is 0. The largest absolute Gasteiger partial charge is 0.324 e. The fourth-order valence-electron chi connectivity index (χ4n) is 4.29. The number of aryl methyl sites for hydroxylation is 1. The summed E-state index contributed by atoms with van der Waals surface area (Å²) in [7, 11) is 0. The number of para-hydroxylation sites is 1. The summed E-state index contributed by atoms with van der Waals surface area (Å²) >= 11 is 6.19. The Bertz CT molecular complexity index is 663. The molecule has 2 saturated heterocycles. The molecule has 0 amide bonds. The maximum atomic E-state index is 6.19. The number of alkyl halides is 1. The molecule has 3 nitrogen and oxygen atoms in total. The lowest BCUT2D eigenvalue weighted by Gasteiger charge is -2.36. The Balaban J connectivity index is 1.78. The fourth-order valence-corrected chi connectivity index (χ4v) is 4.48. The molecule has 0 aliphatic carbocycles. The minimum absolute atomic E-state index is 0.499. The Morgan fingerprint density at radius 1 is 1.24 bits per heavy atom. The number of rotatable bonds is 2. The van der Waals surface area contributed by atoms with Crippen molar-refractivity contribution in [2.75, 3.05) is 13.1 Å². The third-order valence-corrected chi connectivity index (χ3v) is 5.50. The van der Waals surface area contributed by atoms with Crippen LogP contribution in [0.4, 0.5) is 0 Å². The SMILES string of the molecule is Cc1cccc2nc(CCl)n(C3CCN4CCCC4C3)c12. The zero-order valence-corrected chi connectivity index (χ0v) is 13.3. The molecule has 2 aliphatic heterocycles. The van der Waals surface area contributed by atoms with E-state index in [2.05, 4.69) is 34.6 Å². The van der Waals surface area contributed by atoms with Gasteiger partial charge in [-0.2, -0.15) is 0 Å². The first-order valence-corrected chi connectivity index (χ1v) is 8.58. The van der Waals surface area contributed by atoms with Gasteiger partial charge in [0, 0.05) is 18.6 Å². The Morgan fingerprint density at radius 3 is 3.00 bits per heavy atom. The van der Waals surface area contributed by atoms with Gasteiger partial charge in [0.1, 0.15) is 5.82 Å². The number of hydrogen-bond acceptors (Lipinski definition) is 2. The van der Waals surface area contributed by atoms with E-state index in [1.54, 1.807) is 0 Å². The monoisotopic (exact) mass is 303 g/mol. The molecule has 0 N–H and O–H groups in total. The van der Waals surface area contributed by atoms with Crippen LogP contribution in [0.1, 0.15) is 43.1 Å². The van der Waals surface area contributed by atoms with Crippen LogP contribution >= 0.6 is 11.6 Å². The van der Waals surface area contributed by atoms with Crippen molar-refractivity contribution < 1.29 is 0 Å². The molecule has 4 rings (SSSR count). The number of piperidine rings is 1. The lowest BCUT2D eigenvalue weighted by atomic mass is 9.97. The molecule has 4 heteroatoms. The van der Waals surface area contributed by atoms with Crippen LogP contribution in [-0.2, 0) is 5.88 Å². The second kappa shape index (κ2) is 5.29. The van der Waals surface area contributed by atoms with Crippen LogP contribution in [0.5, 0.6) is 0 Å². The van der Waals surface area contributed by atoms with E-state index in [-0.39, 0.29) is 0 Å². The Labute approximate surface area is 130 Å².